The Balaban J connectivity index is 1.31. The number of allylic oxidation sites excluding steroid dienone is 5. The number of benzene rings is 4. The van der Waals surface area contributed by atoms with Crippen LogP contribution in [0.3, 0.4) is 0 Å². The van der Waals surface area contributed by atoms with Gasteiger partial charge in [-0.3, -0.25) is 0 Å². The maximum absolute atomic E-state index is 5.37. The van der Waals surface area contributed by atoms with Crippen molar-refractivity contribution >= 4 is 74.6 Å². The number of pyridine rings is 1. The van der Waals surface area contributed by atoms with Crippen LogP contribution in [0.4, 0.5) is 0 Å². The first-order valence-electron chi connectivity index (χ1n) is 16.0. The van der Waals surface area contributed by atoms with E-state index in [1.165, 1.54) is 48.1 Å². The third kappa shape index (κ3) is 4.37. The molecule has 0 spiro atoms. The fourth-order valence-electron chi connectivity index (χ4n) is 7.29. The van der Waals surface area contributed by atoms with E-state index in [9.17, 15) is 0 Å². The summed E-state index contributed by atoms with van der Waals surface area (Å²) in [6.07, 6.45) is 14.0. The van der Waals surface area contributed by atoms with Crippen molar-refractivity contribution in [1.82, 2.24) is 14.1 Å². The van der Waals surface area contributed by atoms with Gasteiger partial charge in [-0.25, -0.2) is 0 Å². The van der Waals surface area contributed by atoms with Crippen molar-refractivity contribution in [1.29, 1.82) is 0 Å². The average Bonchev–Trinajstić information content (AvgIpc) is 3.67. The average molecular weight is 669 g/mol. The molecule has 8 aromatic rings. The minimum absolute atomic E-state index is 0.378. The number of rotatable bonds is 5. The van der Waals surface area contributed by atoms with Crippen LogP contribution in [0.5, 0.6) is 0 Å². The van der Waals surface area contributed by atoms with Gasteiger partial charge in [0.15, 0.2) is 0 Å². The number of hydrogen-bond acceptors (Lipinski definition) is 1. The fourth-order valence-corrected chi connectivity index (χ4v) is 9.72. The predicted molar refractivity (Wildman–Crippen MR) is 201 cm³/mol. The SMILES string of the molecule is C=C/C=C\c1c(C)n(-c2ccccc2)c2c1ccc1c2c2ccccc2n1-c1cccc(C2=Cc3c([se]c4ccccc34)CC=C2)n1. The molecule has 4 heterocycles. The zero-order chi connectivity index (χ0) is 31.5. The van der Waals surface area contributed by atoms with E-state index < -0.39 is 0 Å². The molecule has 4 aromatic heterocycles. The second-order valence-electron chi connectivity index (χ2n) is 12.0. The molecule has 0 atom stereocenters. The van der Waals surface area contributed by atoms with E-state index in [4.69, 9.17) is 4.98 Å². The van der Waals surface area contributed by atoms with Crippen molar-refractivity contribution in [2.45, 2.75) is 13.3 Å². The van der Waals surface area contributed by atoms with E-state index in [-0.39, 0.29) is 0 Å². The van der Waals surface area contributed by atoms with Gasteiger partial charge in [0.05, 0.1) is 0 Å². The van der Waals surface area contributed by atoms with Crippen LogP contribution in [-0.2, 0) is 6.42 Å². The summed E-state index contributed by atoms with van der Waals surface area (Å²) >= 11 is 0.378. The number of fused-ring (bicyclic) bond motifs is 8. The molecule has 0 bridgehead atoms. The second kappa shape index (κ2) is 11.1. The quantitative estimate of drug-likeness (QED) is 0.132. The van der Waals surface area contributed by atoms with Crippen molar-refractivity contribution < 1.29 is 0 Å². The fraction of sp³-hybridized carbons (Fsp3) is 0.0465. The van der Waals surface area contributed by atoms with E-state index >= 15 is 0 Å². The third-order valence-electron chi connectivity index (χ3n) is 9.33. The molecule has 0 radical (unpaired) electrons. The Kier molecular flexibility index (Phi) is 6.60. The van der Waals surface area contributed by atoms with E-state index in [0.717, 1.165) is 40.2 Å². The van der Waals surface area contributed by atoms with Gasteiger partial charge in [-0.2, -0.15) is 0 Å². The van der Waals surface area contributed by atoms with E-state index in [2.05, 4.69) is 156 Å². The molecule has 47 heavy (non-hydrogen) atoms. The van der Waals surface area contributed by atoms with Crippen LogP contribution in [0.25, 0.3) is 71.6 Å². The number of nitrogens with zero attached hydrogens (tertiary/aromatic N) is 3. The molecule has 9 rings (SSSR count). The van der Waals surface area contributed by atoms with Crippen molar-refractivity contribution in [3.8, 4) is 11.5 Å². The van der Waals surface area contributed by atoms with Gasteiger partial charge in [0.25, 0.3) is 0 Å². The van der Waals surface area contributed by atoms with Crippen LogP contribution in [0.2, 0.25) is 0 Å². The topological polar surface area (TPSA) is 22.8 Å². The van der Waals surface area contributed by atoms with E-state index in [0.29, 0.717) is 14.5 Å². The molecule has 4 heteroatoms. The number of aromatic nitrogens is 3. The van der Waals surface area contributed by atoms with Crippen LogP contribution in [0.1, 0.15) is 27.0 Å². The zero-order valence-electron chi connectivity index (χ0n) is 26.0. The molecule has 0 amide bonds. The van der Waals surface area contributed by atoms with Gasteiger partial charge in [0.1, 0.15) is 0 Å². The first-order chi connectivity index (χ1) is 23.2. The van der Waals surface area contributed by atoms with Gasteiger partial charge in [-0.05, 0) is 19.1 Å². The van der Waals surface area contributed by atoms with Crippen molar-refractivity contribution in [2.75, 3.05) is 0 Å². The minimum atomic E-state index is 0.378. The van der Waals surface area contributed by atoms with Gasteiger partial charge in [0.2, 0.25) is 0 Å². The summed E-state index contributed by atoms with van der Waals surface area (Å²) in [6, 6.07) is 39.3. The predicted octanol–water partition coefficient (Wildman–Crippen LogP) is 10.5. The van der Waals surface area contributed by atoms with Crippen LogP contribution in [0, 0.1) is 6.92 Å². The third-order valence-corrected chi connectivity index (χ3v) is 11.9. The summed E-state index contributed by atoms with van der Waals surface area (Å²) in [5.41, 5.74) is 10.6. The molecule has 1 aliphatic rings. The van der Waals surface area contributed by atoms with Gasteiger partial charge < -0.3 is 0 Å². The van der Waals surface area contributed by atoms with Gasteiger partial charge in [0, 0.05) is 16.9 Å². The van der Waals surface area contributed by atoms with Crippen LogP contribution in [0.15, 0.2) is 140 Å². The monoisotopic (exact) mass is 669 g/mol. The summed E-state index contributed by atoms with van der Waals surface area (Å²) in [7, 11) is 0. The van der Waals surface area contributed by atoms with Gasteiger partial charge >= 0.3 is 202 Å². The first-order valence-corrected chi connectivity index (χ1v) is 17.7. The zero-order valence-corrected chi connectivity index (χ0v) is 27.7. The molecule has 0 N–H and O–H groups in total. The Morgan fingerprint density at radius 2 is 1.57 bits per heavy atom. The molecular weight excluding hydrogens is 637 g/mol. The molecule has 0 aliphatic heterocycles. The first kappa shape index (κ1) is 27.9. The Hall–Kier alpha value is -5.41. The summed E-state index contributed by atoms with van der Waals surface area (Å²) in [5, 5.41) is 5.04. The van der Waals surface area contributed by atoms with Crippen LogP contribution >= 0.6 is 0 Å². The second-order valence-corrected chi connectivity index (χ2v) is 14.4. The molecule has 0 saturated carbocycles. The number of hydrogen-bond donors (Lipinski definition) is 0. The summed E-state index contributed by atoms with van der Waals surface area (Å²) in [5.74, 6) is 0.915. The Morgan fingerprint density at radius 3 is 2.45 bits per heavy atom. The molecular formula is C43H31N3Se. The van der Waals surface area contributed by atoms with Gasteiger partial charge in [-0.1, -0.05) is 43.0 Å². The summed E-state index contributed by atoms with van der Waals surface area (Å²) in [6.45, 7) is 6.15. The summed E-state index contributed by atoms with van der Waals surface area (Å²) < 4.78 is 7.78. The molecule has 0 unspecified atom stereocenters. The van der Waals surface area contributed by atoms with Crippen molar-refractivity contribution in [2.24, 2.45) is 0 Å². The van der Waals surface area contributed by atoms with Gasteiger partial charge in [-0.15, -0.1) is 0 Å². The van der Waals surface area contributed by atoms with Crippen LogP contribution in [-0.4, -0.2) is 28.6 Å². The molecule has 3 nitrogen and oxygen atoms in total. The molecule has 4 aromatic carbocycles. The molecule has 0 fully saturated rings. The van der Waals surface area contributed by atoms with E-state index in [1.54, 1.807) is 4.44 Å². The van der Waals surface area contributed by atoms with E-state index in [1.807, 2.05) is 12.2 Å². The Labute approximate surface area is 279 Å². The molecule has 224 valence electrons. The standard InChI is InChI=1S/C43H31N3Se/c1-3-4-17-31-28(2)45(30-15-6-5-7-16-30)43-33(31)25-26-38-42(43)34-19-8-10-21-37(34)46(38)41-24-13-20-36(44-41)29-14-12-23-40-35(27-29)32-18-9-11-22-39(32)47-40/h3-22,24-27H,1,23H2,2H3/b17-4-. The van der Waals surface area contributed by atoms with Crippen LogP contribution < -0.4 is 0 Å². The van der Waals surface area contributed by atoms with Crippen molar-refractivity contribution in [3.05, 3.63) is 167 Å². The normalized spacial score (nSPS) is 13.2. The van der Waals surface area contributed by atoms with Crippen molar-refractivity contribution in [3.63, 3.8) is 0 Å². The maximum atomic E-state index is 5.37. The summed E-state index contributed by atoms with van der Waals surface area (Å²) in [4.78, 5) is 5.37. The Bertz CT molecular complexity index is 2620. The molecule has 0 saturated heterocycles. The number of para-hydroxylation sites is 2. The molecule has 1 aliphatic carbocycles. The Morgan fingerprint density at radius 1 is 0.766 bits per heavy atom.